The maximum Gasteiger partial charge on any atom is 0.0809 e. The third-order valence-electron chi connectivity index (χ3n) is 3.82. The lowest BCUT2D eigenvalue weighted by atomic mass is 9.89. The van der Waals surface area contributed by atoms with Gasteiger partial charge >= 0.3 is 0 Å². The Labute approximate surface area is 120 Å². The molecular weight excluding hydrogens is 252 g/mol. The van der Waals surface area contributed by atoms with Gasteiger partial charge in [-0.1, -0.05) is 33.6 Å². The average Bonchev–Trinajstić information content (AvgIpc) is 2.90. The lowest BCUT2D eigenvalue weighted by Gasteiger charge is -2.26. The molecule has 1 N–H and O–H groups in total. The van der Waals surface area contributed by atoms with Gasteiger partial charge in [0.15, 0.2) is 0 Å². The first-order valence-corrected chi connectivity index (χ1v) is 8.24. The lowest BCUT2D eigenvalue weighted by molar-refractivity contribution is 0.341. The highest BCUT2D eigenvalue weighted by Crippen LogP contribution is 2.30. The van der Waals surface area contributed by atoms with E-state index in [9.17, 15) is 0 Å². The first kappa shape index (κ1) is 14.5. The number of rotatable bonds is 7. The molecule has 3 heteroatoms. The zero-order valence-corrected chi connectivity index (χ0v) is 13.0. The van der Waals surface area contributed by atoms with E-state index in [-0.39, 0.29) is 0 Å². The summed E-state index contributed by atoms with van der Waals surface area (Å²) in [5.74, 6) is 0.686. The summed E-state index contributed by atoms with van der Waals surface area (Å²) < 4.78 is 1.30. The summed E-state index contributed by atoms with van der Waals surface area (Å²) in [4.78, 5) is 4.59. The van der Waals surface area contributed by atoms with E-state index in [1.807, 2.05) is 0 Å². The van der Waals surface area contributed by atoms with E-state index in [1.54, 1.807) is 11.3 Å². The molecule has 0 fully saturated rings. The zero-order chi connectivity index (χ0) is 13.7. The summed E-state index contributed by atoms with van der Waals surface area (Å²) in [5, 5.41) is 5.83. The van der Waals surface area contributed by atoms with Gasteiger partial charge in [-0.25, -0.2) is 0 Å². The van der Waals surface area contributed by atoms with Crippen molar-refractivity contribution in [1.29, 1.82) is 0 Å². The molecule has 2 rings (SSSR count). The van der Waals surface area contributed by atoms with Gasteiger partial charge in [-0.05, 0) is 42.0 Å². The maximum atomic E-state index is 4.59. The molecule has 0 saturated heterocycles. The molecule has 0 saturated carbocycles. The summed E-state index contributed by atoms with van der Waals surface area (Å²) >= 11 is 1.78. The summed E-state index contributed by atoms with van der Waals surface area (Å²) in [5.41, 5.74) is 2.46. The van der Waals surface area contributed by atoms with Crippen molar-refractivity contribution in [2.45, 2.75) is 46.1 Å². The Morgan fingerprint density at radius 1 is 1.26 bits per heavy atom. The van der Waals surface area contributed by atoms with Gasteiger partial charge < -0.3 is 5.32 Å². The highest BCUT2D eigenvalue weighted by atomic mass is 32.1. The molecule has 2 nitrogen and oxygen atoms in total. The molecule has 1 atom stereocenters. The number of nitrogens with zero attached hydrogens (tertiary/aromatic N) is 1. The Kier molecular flexibility index (Phi) is 5.34. The Morgan fingerprint density at radius 3 is 2.74 bits per heavy atom. The predicted octanol–water partition coefficient (Wildman–Crippen LogP) is 4.77. The standard InChI is InChI=1S/C16H24N2S/c1-4-8-17-16(12(5-2)6-3)13-10-15-14(18-11-13)7-9-19-15/h7,9-12,16-17H,4-6,8H2,1-3H3. The number of pyridine rings is 1. The number of nitrogens with one attached hydrogen (secondary N) is 1. The van der Waals surface area contributed by atoms with Crippen LogP contribution in [0.5, 0.6) is 0 Å². The molecule has 0 spiro atoms. The Bertz CT molecular complexity index is 502. The van der Waals surface area contributed by atoms with E-state index in [1.165, 1.54) is 29.5 Å². The molecular formula is C16H24N2S. The highest BCUT2D eigenvalue weighted by molar-refractivity contribution is 7.17. The first-order chi connectivity index (χ1) is 9.30. The largest absolute Gasteiger partial charge is 0.310 e. The van der Waals surface area contributed by atoms with Crippen LogP contribution in [0, 0.1) is 5.92 Å². The van der Waals surface area contributed by atoms with Crippen molar-refractivity contribution < 1.29 is 0 Å². The molecule has 0 bridgehead atoms. The van der Waals surface area contributed by atoms with Gasteiger partial charge in [0.25, 0.3) is 0 Å². The quantitative estimate of drug-likeness (QED) is 0.787. The van der Waals surface area contributed by atoms with Crippen LogP contribution < -0.4 is 5.32 Å². The van der Waals surface area contributed by atoms with Crippen molar-refractivity contribution in [2.75, 3.05) is 6.54 Å². The zero-order valence-electron chi connectivity index (χ0n) is 12.1. The molecule has 0 aliphatic carbocycles. The molecule has 0 amide bonds. The van der Waals surface area contributed by atoms with Crippen molar-refractivity contribution in [1.82, 2.24) is 10.3 Å². The minimum absolute atomic E-state index is 0.439. The van der Waals surface area contributed by atoms with Crippen LogP contribution in [-0.2, 0) is 0 Å². The van der Waals surface area contributed by atoms with Gasteiger partial charge in [0.1, 0.15) is 0 Å². The second-order valence-corrected chi connectivity index (χ2v) is 6.03. The van der Waals surface area contributed by atoms with E-state index in [0.29, 0.717) is 12.0 Å². The third-order valence-corrected chi connectivity index (χ3v) is 4.67. The lowest BCUT2D eigenvalue weighted by Crippen LogP contribution is -2.28. The summed E-state index contributed by atoms with van der Waals surface area (Å²) in [6.07, 6.45) is 5.65. The number of thiophene rings is 1. The van der Waals surface area contributed by atoms with Crippen LogP contribution in [-0.4, -0.2) is 11.5 Å². The van der Waals surface area contributed by atoms with Crippen molar-refractivity contribution >= 4 is 21.6 Å². The van der Waals surface area contributed by atoms with E-state index in [2.05, 4.69) is 54.8 Å². The van der Waals surface area contributed by atoms with Crippen LogP contribution in [0.3, 0.4) is 0 Å². The summed E-state index contributed by atoms with van der Waals surface area (Å²) in [6, 6.07) is 4.85. The van der Waals surface area contributed by atoms with Crippen LogP contribution in [0.4, 0.5) is 0 Å². The van der Waals surface area contributed by atoms with Crippen LogP contribution in [0.1, 0.15) is 51.6 Å². The summed E-state index contributed by atoms with van der Waals surface area (Å²) in [7, 11) is 0. The van der Waals surface area contributed by atoms with E-state index < -0.39 is 0 Å². The van der Waals surface area contributed by atoms with Gasteiger partial charge in [0, 0.05) is 12.2 Å². The fourth-order valence-corrected chi connectivity index (χ4v) is 3.44. The summed E-state index contributed by atoms with van der Waals surface area (Å²) in [6.45, 7) is 7.86. The van der Waals surface area contributed by atoms with Gasteiger partial charge in [0.2, 0.25) is 0 Å². The van der Waals surface area contributed by atoms with Gasteiger partial charge in [-0.2, -0.15) is 0 Å². The number of hydrogen-bond donors (Lipinski definition) is 1. The molecule has 104 valence electrons. The molecule has 0 aromatic carbocycles. The third kappa shape index (κ3) is 3.34. The number of aromatic nitrogens is 1. The van der Waals surface area contributed by atoms with Gasteiger partial charge in [-0.15, -0.1) is 11.3 Å². The van der Waals surface area contributed by atoms with Crippen molar-refractivity contribution in [3.8, 4) is 0 Å². The van der Waals surface area contributed by atoms with Gasteiger partial charge in [0.05, 0.1) is 10.2 Å². The molecule has 0 aliphatic heterocycles. The van der Waals surface area contributed by atoms with Gasteiger partial charge in [-0.3, -0.25) is 4.98 Å². The minimum Gasteiger partial charge on any atom is -0.310 e. The van der Waals surface area contributed by atoms with Crippen molar-refractivity contribution in [3.05, 3.63) is 29.3 Å². The molecule has 0 aliphatic rings. The smallest absolute Gasteiger partial charge is 0.0809 e. The van der Waals surface area contributed by atoms with Crippen LogP contribution in [0.15, 0.2) is 23.7 Å². The highest BCUT2D eigenvalue weighted by Gasteiger charge is 2.20. The monoisotopic (exact) mass is 276 g/mol. The molecule has 0 radical (unpaired) electrons. The Hall–Kier alpha value is -0.930. The fourth-order valence-electron chi connectivity index (χ4n) is 2.65. The fraction of sp³-hybridized carbons (Fsp3) is 0.562. The van der Waals surface area contributed by atoms with E-state index in [4.69, 9.17) is 0 Å². The predicted molar refractivity (Wildman–Crippen MR) is 84.7 cm³/mol. The second-order valence-electron chi connectivity index (χ2n) is 5.08. The van der Waals surface area contributed by atoms with E-state index >= 15 is 0 Å². The number of hydrogen-bond acceptors (Lipinski definition) is 3. The maximum absolute atomic E-state index is 4.59. The minimum atomic E-state index is 0.439. The Balaban J connectivity index is 2.29. The normalized spacial score (nSPS) is 13.3. The van der Waals surface area contributed by atoms with Crippen LogP contribution in [0.25, 0.3) is 10.2 Å². The van der Waals surface area contributed by atoms with Crippen LogP contribution in [0.2, 0.25) is 0 Å². The molecule has 2 heterocycles. The molecule has 1 unspecified atom stereocenters. The van der Waals surface area contributed by atoms with Crippen molar-refractivity contribution in [3.63, 3.8) is 0 Å². The number of fused-ring (bicyclic) bond motifs is 1. The SMILES string of the molecule is CCCNC(c1cnc2ccsc2c1)C(CC)CC. The molecule has 2 aromatic rings. The second kappa shape index (κ2) is 7.01. The Morgan fingerprint density at radius 2 is 2.05 bits per heavy atom. The van der Waals surface area contributed by atoms with Crippen LogP contribution >= 0.6 is 11.3 Å². The first-order valence-electron chi connectivity index (χ1n) is 7.36. The molecule has 2 aromatic heterocycles. The average molecular weight is 276 g/mol. The van der Waals surface area contributed by atoms with E-state index in [0.717, 1.165) is 12.1 Å². The van der Waals surface area contributed by atoms with Crippen molar-refractivity contribution in [2.24, 2.45) is 5.92 Å². The topological polar surface area (TPSA) is 24.9 Å². The molecule has 19 heavy (non-hydrogen) atoms.